The lowest BCUT2D eigenvalue weighted by molar-refractivity contribution is 0.0939. The zero-order valence-electron chi connectivity index (χ0n) is 11.8. The summed E-state index contributed by atoms with van der Waals surface area (Å²) in [5.74, 6) is -0.0453. The van der Waals surface area contributed by atoms with Gasteiger partial charge in [-0.2, -0.15) is 0 Å². The summed E-state index contributed by atoms with van der Waals surface area (Å²) in [6.07, 6.45) is 3.50. The van der Waals surface area contributed by atoms with E-state index in [2.05, 4.69) is 15.6 Å². The van der Waals surface area contributed by atoms with Crippen molar-refractivity contribution >= 4 is 18.3 Å². The maximum atomic E-state index is 12.3. The highest BCUT2D eigenvalue weighted by Gasteiger charge is 2.15. The molecule has 0 aliphatic carbocycles. The Balaban J connectivity index is 0.00000161. The van der Waals surface area contributed by atoms with E-state index in [0.29, 0.717) is 5.56 Å². The maximum absolute atomic E-state index is 12.3. The fourth-order valence-corrected chi connectivity index (χ4v) is 2.43. The van der Waals surface area contributed by atoms with Crippen LogP contribution in [0.5, 0.6) is 0 Å². The van der Waals surface area contributed by atoms with Gasteiger partial charge in [-0.15, -0.1) is 12.4 Å². The highest BCUT2D eigenvalue weighted by Crippen LogP contribution is 2.18. The topological polar surface area (TPSA) is 54.0 Å². The molecule has 0 bridgehead atoms. The van der Waals surface area contributed by atoms with Crippen molar-refractivity contribution in [1.29, 1.82) is 0 Å². The summed E-state index contributed by atoms with van der Waals surface area (Å²) in [5, 5.41) is 6.28. The smallest absolute Gasteiger partial charge is 0.251 e. The first-order valence-electron chi connectivity index (χ1n) is 6.77. The van der Waals surface area contributed by atoms with Crippen molar-refractivity contribution in [2.45, 2.75) is 26.1 Å². The lowest BCUT2D eigenvalue weighted by Gasteiger charge is -2.14. The van der Waals surface area contributed by atoms with Crippen LogP contribution in [0.1, 0.15) is 40.0 Å². The van der Waals surface area contributed by atoms with Gasteiger partial charge in [-0.25, -0.2) is 0 Å². The number of nitrogens with one attached hydrogen (secondary N) is 2. The van der Waals surface area contributed by atoms with E-state index in [-0.39, 0.29) is 24.4 Å². The number of carbonyl (C=O) groups excluding carboxylic acids is 1. The molecule has 5 heteroatoms. The first-order chi connectivity index (χ1) is 9.74. The number of fused-ring (bicyclic) bond motifs is 1. The van der Waals surface area contributed by atoms with E-state index in [1.165, 1.54) is 11.1 Å². The predicted molar refractivity (Wildman–Crippen MR) is 84.4 cm³/mol. The van der Waals surface area contributed by atoms with Crippen LogP contribution in [0.4, 0.5) is 0 Å². The molecule has 4 nitrogen and oxygen atoms in total. The van der Waals surface area contributed by atoms with Gasteiger partial charge in [-0.05, 0) is 41.8 Å². The van der Waals surface area contributed by atoms with E-state index in [1.807, 2.05) is 37.3 Å². The van der Waals surface area contributed by atoms with Gasteiger partial charge in [-0.1, -0.05) is 12.1 Å². The Hall–Kier alpha value is -1.91. The van der Waals surface area contributed by atoms with Crippen LogP contribution in [-0.4, -0.2) is 10.9 Å². The first kappa shape index (κ1) is 15.5. The number of amides is 1. The first-order valence-corrected chi connectivity index (χ1v) is 6.77. The second kappa shape index (κ2) is 6.70. The molecule has 2 aromatic rings. The van der Waals surface area contributed by atoms with Crippen molar-refractivity contribution < 1.29 is 4.79 Å². The van der Waals surface area contributed by atoms with E-state index >= 15 is 0 Å². The third-order valence-electron chi connectivity index (χ3n) is 3.63. The molecule has 2 heterocycles. The second-order valence-electron chi connectivity index (χ2n) is 5.07. The SMILES string of the molecule is CC(NC(=O)c1ccc2c(c1)CNC2)c1cccnc1.Cl. The van der Waals surface area contributed by atoms with Crippen LogP contribution in [0.15, 0.2) is 42.7 Å². The number of hydrogen-bond donors (Lipinski definition) is 2. The molecule has 21 heavy (non-hydrogen) atoms. The van der Waals surface area contributed by atoms with E-state index in [9.17, 15) is 4.79 Å². The lowest BCUT2D eigenvalue weighted by atomic mass is 10.1. The molecule has 0 spiro atoms. The molecule has 0 fully saturated rings. The van der Waals surface area contributed by atoms with Crippen molar-refractivity contribution in [3.05, 3.63) is 65.0 Å². The average Bonchev–Trinajstić information content (AvgIpc) is 2.95. The molecule has 1 aromatic carbocycles. The van der Waals surface area contributed by atoms with E-state index < -0.39 is 0 Å². The molecular weight excluding hydrogens is 286 g/mol. The van der Waals surface area contributed by atoms with Gasteiger partial charge in [0.15, 0.2) is 0 Å². The molecule has 1 amide bonds. The molecule has 3 rings (SSSR count). The van der Waals surface area contributed by atoms with Crippen molar-refractivity contribution in [2.24, 2.45) is 0 Å². The standard InChI is InChI=1S/C16H17N3O.ClH/c1-11(13-3-2-6-17-8-13)19-16(20)12-4-5-14-9-18-10-15(14)7-12;/h2-8,11,18H,9-10H2,1H3,(H,19,20);1H. The number of halogens is 1. The van der Waals surface area contributed by atoms with Gasteiger partial charge in [0.05, 0.1) is 6.04 Å². The highest BCUT2D eigenvalue weighted by molar-refractivity contribution is 5.94. The Bertz CT molecular complexity index is 631. The monoisotopic (exact) mass is 303 g/mol. The Morgan fingerprint density at radius 1 is 1.29 bits per heavy atom. The van der Waals surface area contributed by atoms with Crippen molar-refractivity contribution in [3.8, 4) is 0 Å². The van der Waals surface area contributed by atoms with Gasteiger partial charge in [-0.3, -0.25) is 9.78 Å². The van der Waals surface area contributed by atoms with Crippen LogP contribution in [-0.2, 0) is 13.1 Å². The molecule has 1 aliphatic rings. The number of rotatable bonds is 3. The normalized spacial score (nSPS) is 14.0. The van der Waals surface area contributed by atoms with Gasteiger partial charge in [0.1, 0.15) is 0 Å². The zero-order chi connectivity index (χ0) is 13.9. The van der Waals surface area contributed by atoms with Gasteiger partial charge in [0.2, 0.25) is 0 Å². The minimum atomic E-state index is -0.0532. The quantitative estimate of drug-likeness (QED) is 0.916. The zero-order valence-corrected chi connectivity index (χ0v) is 12.6. The fourth-order valence-electron chi connectivity index (χ4n) is 2.43. The van der Waals surface area contributed by atoms with Crippen LogP contribution >= 0.6 is 12.4 Å². The third-order valence-corrected chi connectivity index (χ3v) is 3.63. The van der Waals surface area contributed by atoms with Crippen LogP contribution < -0.4 is 10.6 Å². The van der Waals surface area contributed by atoms with E-state index in [0.717, 1.165) is 18.7 Å². The number of pyridine rings is 1. The van der Waals surface area contributed by atoms with E-state index in [1.54, 1.807) is 12.4 Å². The predicted octanol–water partition coefficient (Wildman–Crippen LogP) is 2.60. The Morgan fingerprint density at radius 3 is 2.86 bits per heavy atom. The second-order valence-corrected chi connectivity index (χ2v) is 5.07. The Kier molecular flexibility index (Phi) is 4.94. The van der Waals surface area contributed by atoms with Crippen LogP contribution in [0.2, 0.25) is 0 Å². The highest BCUT2D eigenvalue weighted by atomic mass is 35.5. The summed E-state index contributed by atoms with van der Waals surface area (Å²) in [6, 6.07) is 9.67. The maximum Gasteiger partial charge on any atom is 0.251 e. The molecule has 1 aliphatic heterocycles. The summed E-state index contributed by atoms with van der Waals surface area (Å²) < 4.78 is 0. The molecule has 1 unspecified atom stereocenters. The van der Waals surface area contributed by atoms with E-state index in [4.69, 9.17) is 0 Å². The van der Waals surface area contributed by atoms with Crippen LogP contribution in [0.3, 0.4) is 0 Å². The summed E-state index contributed by atoms with van der Waals surface area (Å²) in [6.45, 7) is 3.70. The number of aromatic nitrogens is 1. The number of nitrogens with zero attached hydrogens (tertiary/aromatic N) is 1. The summed E-state index contributed by atoms with van der Waals surface area (Å²) in [7, 11) is 0. The van der Waals surface area contributed by atoms with Crippen molar-refractivity contribution in [3.63, 3.8) is 0 Å². The largest absolute Gasteiger partial charge is 0.345 e. The molecule has 0 saturated carbocycles. The minimum absolute atomic E-state index is 0. The van der Waals surface area contributed by atoms with Gasteiger partial charge >= 0.3 is 0 Å². The van der Waals surface area contributed by atoms with Crippen molar-refractivity contribution in [2.75, 3.05) is 0 Å². The Morgan fingerprint density at radius 2 is 2.10 bits per heavy atom. The summed E-state index contributed by atoms with van der Waals surface area (Å²) in [4.78, 5) is 16.3. The summed E-state index contributed by atoms with van der Waals surface area (Å²) in [5.41, 5.74) is 4.21. The molecule has 1 aromatic heterocycles. The lowest BCUT2D eigenvalue weighted by Crippen LogP contribution is -2.26. The molecule has 1 atom stereocenters. The molecule has 110 valence electrons. The number of benzene rings is 1. The number of hydrogen-bond acceptors (Lipinski definition) is 3. The molecule has 2 N–H and O–H groups in total. The Labute approximate surface area is 130 Å². The minimum Gasteiger partial charge on any atom is -0.345 e. The molecule has 0 radical (unpaired) electrons. The molecule has 0 saturated heterocycles. The van der Waals surface area contributed by atoms with Crippen LogP contribution in [0, 0.1) is 0 Å². The average molecular weight is 304 g/mol. The van der Waals surface area contributed by atoms with Gasteiger partial charge in [0.25, 0.3) is 5.91 Å². The van der Waals surface area contributed by atoms with Gasteiger partial charge in [0, 0.05) is 31.0 Å². The molecular formula is C16H18ClN3O. The third kappa shape index (κ3) is 3.40. The number of carbonyl (C=O) groups is 1. The fraction of sp³-hybridized carbons (Fsp3) is 0.250. The van der Waals surface area contributed by atoms with Crippen molar-refractivity contribution in [1.82, 2.24) is 15.6 Å². The summed E-state index contributed by atoms with van der Waals surface area (Å²) >= 11 is 0. The van der Waals surface area contributed by atoms with Gasteiger partial charge < -0.3 is 10.6 Å². The van der Waals surface area contributed by atoms with Crippen LogP contribution in [0.25, 0.3) is 0 Å².